The third-order valence-corrected chi connectivity index (χ3v) is 8.92. The van der Waals surface area contributed by atoms with Gasteiger partial charge in [0.05, 0.1) is 6.20 Å². The summed E-state index contributed by atoms with van der Waals surface area (Å²) in [6, 6.07) is 58.0. The molecule has 2 heterocycles. The number of benzene rings is 7. The summed E-state index contributed by atoms with van der Waals surface area (Å²) in [5.74, 6) is 0.830. The highest BCUT2D eigenvalue weighted by Gasteiger charge is 2.17. The van der Waals surface area contributed by atoms with Gasteiger partial charge in [-0.1, -0.05) is 121 Å². The number of rotatable bonds is 5. The van der Waals surface area contributed by atoms with E-state index in [0.717, 1.165) is 39.1 Å². The van der Waals surface area contributed by atoms with Gasteiger partial charge in [0.2, 0.25) is 0 Å². The van der Waals surface area contributed by atoms with Crippen molar-refractivity contribution in [2.24, 2.45) is 0 Å². The summed E-state index contributed by atoms with van der Waals surface area (Å²) in [5.41, 5.74) is 8.43. The lowest BCUT2D eigenvalue weighted by Gasteiger charge is -2.25. The Morgan fingerprint density at radius 3 is 1.72 bits per heavy atom. The van der Waals surface area contributed by atoms with Crippen LogP contribution in [0.5, 0.6) is 0 Å². The molecule has 0 aliphatic rings. The number of anilines is 3. The molecule has 9 aromatic rings. The standard InChI is InChI=1S/C43H28N2O/c1-2-8-29(9-3-1)30-18-22-35(23-19-30)45(43-27-40-38-12-6-7-13-41(38)46-42(40)28-44-43)36-24-20-31(21-25-36)34-17-16-33-15-14-32-10-4-5-11-37(32)39(33)26-34/h1-28H. The summed E-state index contributed by atoms with van der Waals surface area (Å²) in [7, 11) is 0. The number of pyridine rings is 1. The van der Waals surface area contributed by atoms with Crippen molar-refractivity contribution < 1.29 is 4.42 Å². The van der Waals surface area contributed by atoms with Gasteiger partial charge in [-0.2, -0.15) is 0 Å². The molecule has 46 heavy (non-hydrogen) atoms. The van der Waals surface area contributed by atoms with Gasteiger partial charge >= 0.3 is 0 Å². The monoisotopic (exact) mass is 588 g/mol. The predicted octanol–water partition coefficient (Wildman–Crippen LogP) is 12.1. The number of para-hydroxylation sites is 1. The fourth-order valence-electron chi connectivity index (χ4n) is 6.57. The van der Waals surface area contributed by atoms with Crippen molar-refractivity contribution in [2.75, 3.05) is 4.90 Å². The molecule has 0 amide bonds. The largest absolute Gasteiger partial charge is 0.454 e. The molecular formula is C43H28N2O. The van der Waals surface area contributed by atoms with Crippen molar-refractivity contribution in [1.82, 2.24) is 4.98 Å². The highest BCUT2D eigenvalue weighted by Crippen LogP contribution is 2.39. The van der Waals surface area contributed by atoms with Crippen LogP contribution in [0.4, 0.5) is 17.2 Å². The van der Waals surface area contributed by atoms with Gasteiger partial charge in [0.25, 0.3) is 0 Å². The second-order valence-corrected chi connectivity index (χ2v) is 11.7. The first-order chi connectivity index (χ1) is 22.8. The van der Waals surface area contributed by atoms with Crippen molar-refractivity contribution in [3.63, 3.8) is 0 Å². The minimum absolute atomic E-state index is 0.781. The Morgan fingerprint density at radius 2 is 0.957 bits per heavy atom. The fraction of sp³-hybridized carbons (Fsp3) is 0. The summed E-state index contributed by atoms with van der Waals surface area (Å²) in [6.07, 6.45) is 1.84. The van der Waals surface area contributed by atoms with Crippen molar-refractivity contribution in [2.45, 2.75) is 0 Å². The quantitative estimate of drug-likeness (QED) is 0.187. The SMILES string of the molecule is c1ccc(-c2ccc(N(c3ccc(-c4ccc5ccc6ccccc6c5c4)cc3)c3cc4c(cn3)oc3ccccc34)cc2)cc1. The summed E-state index contributed by atoms with van der Waals surface area (Å²) >= 11 is 0. The molecule has 0 aliphatic carbocycles. The highest BCUT2D eigenvalue weighted by atomic mass is 16.3. The number of furan rings is 1. The molecular weight excluding hydrogens is 560 g/mol. The first-order valence-electron chi connectivity index (χ1n) is 15.5. The minimum Gasteiger partial charge on any atom is -0.454 e. The first kappa shape index (κ1) is 26.2. The zero-order chi connectivity index (χ0) is 30.5. The van der Waals surface area contributed by atoms with Crippen molar-refractivity contribution in [3.8, 4) is 22.3 Å². The van der Waals surface area contributed by atoms with Crippen LogP contribution in [-0.4, -0.2) is 4.98 Å². The summed E-state index contributed by atoms with van der Waals surface area (Å²) in [4.78, 5) is 7.13. The van der Waals surface area contributed by atoms with E-state index in [9.17, 15) is 0 Å². The third-order valence-electron chi connectivity index (χ3n) is 8.92. The molecule has 0 saturated carbocycles. The summed E-state index contributed by atoms with van der Waals surface area (Å²) in [6.45, 7) is 0. The molecule has 7 aromatic carbocycles. The molecule has 216 valence electrons. The second-order valence-electron chi connectivity index (χ2n) is 11.7. The zero-order valence-electron chi connectivity index (χ0n) is 25.0. The fourth-order valence-corrected chi connectivity index (χ4v) is 6.57. The lowest BCUT2D eigenvalue weighted by Crippen LogP contribution is -2.11. The maximum atomic E-state index is 6.10. The van der Waals surface area contributed by atoms with E-state index < -0.39 is 0 Å². The van der Waals surface area contributed by atoms with Crippen LogP contribution in [0.3, 0.4) is 0 Å². The Balaban J connectivity index is 1.15. The minimum atomic E-state index is 0.781. The van der Waals surface area contributed by atoms with Crippen LogP contribution >= 0.6 is 0 Å². The van der Waals surface area contributed by atoms with E-state index in [4.69, 9.17) is 9.40 Å². The number of aromatic nitrogens is 1. The zero-order valence-corrected chi connectivity index (χ0v) is 25.0. The van der Waals surface area contributed by atoms with E-state index in [1.54, 1.807) is 0 Å². The number of nitrogens with zero attached hydrogens (tertiary/aromatic N) is 2. The van der Waals surface area contributed by atoms with E-state index in [-0.39, 0.29) is 0 Å². The Labute approximate surface area is 266 Å². The van der Waals surface area contributed by atoms with Gasteiger partial charge < -0.3 is 4.42 Å². The van der Waals surface area contributed by atoms with Crippen LogP contribution in [0.25, 0.3) is 65.7 Å². The molecule has 0 saturated heterocycles. The highest BCUT2D eigenvalue weighted by molar-refractivity contribution is 6.09. The van der Waals surface area contributed by atoms with Gasteiger partial charge in [0.1, 0.15) is 11.4 Å². The van der Waals surface area contributed by atoms with Crippen molar-refractivity contribution in [3.05, 3.63) is 170 Å². The Bertz CT molecular complexity index is 2510. The van der Waals surface area contributed by atoms with Crippen LogP contribution in [0.15, 0.2) is 174 Å². The topological polar surface area (TPSA) is 29.3 Å². The van der Waals surface area contributed by atoms with E-state index in [0.29, 0.717) is 0 Å². The van der Waals surface area contributed by atoms with Gasteiger partial charge in [-0.3, -0.25) is 4.90 Å². The Hall–Kier alpha value is -6.19. The normalized spacial score (nSPS) is 11.5. The van der Waals surface area contributed by atoms with Gasteiger partial charge in [-0.15, -0.1) is 0 Å². The maximum Gasteiger partial charge on any atom is 0.153 e. The average molecular weight is 589 g/mol. The first-order valence-corrected chi connectivity index (χ1v) is 15.5. The molecule has 3 heteroatoms. The van der Waals surface area contributed by atoms with Crippen LogP contribution in [0.2, 0.25) is 0 Å². The summed E-state index contributed by atoms with van der Waals surface area (Å²) in [5, 5.41) is 7.18. The average Bonchev–Trinajstić information content (AvgIpc) is 3.51. The van der Waals surface area contributed by atoms with E-state index in [1.807, 2.05) is 30.5 Å². The van der Waals surface area contributed by atoms with Crippen molar-refractivity contribution >= 4 is 60.7 Å². The van der Waals surface area contributed by atoms with Gasteiger partial charge in [-0.05, 0) is 86.3 Å². The number of hydrogen-bond donors (Lipinski definition) is 0. The molecule has 3 nitrogen and oxygen atoms in total. The van der Waals surface area contributed by atoms with Gasteiger partial charge in [0.15, 0.2) is 5.58 Å². The van der Waals surface area contributed by atoms with Crippen LogP contribution < -0.4 is 4.90 Å². The Morgan fingerprint density at radius 1 is 0.391 bits per heavy atom. The van der Waals surface area contributed by atoms with Gasteiger partial charge in [0, 0.05) is 22.1 Å². The van der Waals surface area contributed by atoms with Crippen molar-refractivity contribution in [1.29, 1.82) is 0 Å². The molecule has 0 radical (unpaired) electrons. The van der Waals surface area contributed by atoms with Crippen LogP contribution in [-0.2, 0) is 0 Å². The van der Waals surface area contributed by atoms with E-state index >= 15 is 0 Å². The summed E-state index contributed by atoms with van der Waals surface area (Å²) < 4.78 is 6.10. The molecule has 0 N–H and O–H groups in total. The molecule has 0 atom stereocenters. The number of hydrogen-bond acceptors (Lipinski definition) is 3. The van der Waals surface area contributed by atoms with E-state index in [1.165, 1.54) is 43.8 Å². The number of fused-ring (bicyclic) bond motifs is 6. The molecule has 0 fully saturated rings. The lowest BCUT2D eigenvalue weighted by molar-refractivity contribution is 0.667. The third kappa shape index (κ3) is 4.49. The second kappa shape index (κ2) is 10.8. The Kier molecular flexibility index (Phi) is 6.14. The smallest absolute Gasteiger partial charge is 0.153 e. The lowest BCUT2D eigenvalue weighted by atomic mass is 9.97. The maximum absolute atomic E-state index is 6.10. The molecule has 0 spiro atoms. The molecule has 0 unspecified atom stereocenters. The molecule has 2 aromatic heterocycles. The molecule has 0 aliphatic heterocycles. The van der Waals surface area contributed by atoms with Gasteiger partial charge in [-0.25, -0.2) is 4.98 Å². The van der Waals surface area contributed by atoms with Crippen LogP contribution in [0.1, 0.15) is 0 Å². The predicted molar refractivity (Wildman–Crippen MR) is 192 cm³/mol. The van der Waals surface area contributed by atoms with Crippen LogP contribution in [0, 0.1) is 0 Å². The molecule has 0 bridgehead atoms. The molecule has 9 rings (SSSR count). The van der Waals surface area contributed by atoms with E-state index in [2.05, 4.69) is 144 Å².